The van der Waals surface area contributed by atoms with Gasteiger partial charge in [-0.15, -0.1) is 0 Å². The summed E-state index contributed by atoms with van der Waals surface area (Å²) in [5.41, 5.74) is 5.98. The molecule has 0 aliphatic carbocycles. The number of hydrogen-bond acceptors (Lipinski definition) is 2. The molecule has 0 saturated heterocycles. The molecule has 5 heteroatoms. The number of hydrogen-bond donors (Lipinski definition) is 3. The summed E-state index contributed by atoms with van der Waals surface area (Å²) in [6.45, 7) is 0.545. The summed E-state index contributed by atoms with van der Waals surface area (Å²) >= 11 is 5.96. The van der Waals surface area contributed by atoms with Crippen LogP contribution >= 0.6 is 11.6 Å². The molecule has 1 rings (SSSR count). The molecule has 0 saturated carbocycles. The molecule has 0 atom stereocenters. The lowest BCUT2D eigenvalue weighted by Gasteiger charge is -2.04. The van der Waals surface area contributed by atoms with E-state index in [1.165, 1.54) is 0 Å². The molecule has 4 nitrogen and oxygen atoms in total. The van der Waals surface area contributed by atoms with Crippen LogP contribution in [0.25, 0.3) is 0 Å². The first-order chi connectivity index (χ1) is 8.09. The summed E-state index contributed by atoms with van der Waals surface area (Å²) in [5, 5.41) is 10.2. The Morgan fingerprint density at radius 2 is 2.12 bits per heavy atom. The van der Waals surface area contributed by atoms with E-state index < -0.39 is 0 Å². The van der Waals surface area contributed by atoms with Crippen LogP contribution in [0, 0.1) is 5.41 Å². The minimum atomic E-state index is -0.0662. The predicted octanol–water partition coefficient (Wildman–Crippen LogP) is 1.71. The Morgan fingerprint density at radius 1 is 1.41 bits per heavy atom. The Kier molecular flexibility index (Phi) is 5.49. The first-order valence-corrected chi connectivity index (χ1v) is 5.80. The molecular formula is C12H16ClN3O. The molecule has 1 aromatic rings. The van der Waals surface area contributed by atoms with E-state index in [4.69, 9.17) is 22.7 Å². The zero-order valence-electron chi connectivity index (χ0n) is 9.50. The van der Waals surface area contributed by atoms with Gasteiger partial charge in [0, 0.05) is 24.4 Å². The quantitative estimate of drug-likeness (QED) is 0.410. The molecule has 0 radical (unpaired) electrons. The summed E-state index contributed by atoms with van der Waals surface area (Å²) < 4.78 is 0. The van der Waals surface area contributed by atoms with Crippen molar-refractivity contribution in [3.8, 4) is 0 Å². The van der Waals surface area contributed by atoms with Crippen LogP contribution in [0.4, 0.5) is 0 Å². The molecule has 0 heterocycles. The molecule has 0 aliphatic rings. The molecule has 0 bridgehead atoms. The summed E-state index contributed by atoms with van der Waals surface area (Å²) in [6, 6.07) is 7.34. The molecule has 4 N–H and O–H groups in total. The van der Waals surface area contributed by atoms with Crippen LogP contribution in [0.1, 0.15) is 18.4 Å². The van der Waals surface area contributed by atoms with E-state index in [1.54, 1.807) is 6.07 Å². The monoisotopic (exact) mass is 253 g/mol. The van der Waals surface area contributed by atoms with Crippen molar-refractivity contribution in [2.24, 2.45) is 5.73 Å². The molecule has 0 aromatic heterocycles. The molecule has 17 heavy (non-hydrogen) atoms. The summed E-state index contributed by atoms with van der Waals surface area (Å²) in [6.07, 6.45) is 1.49. The molecule has 0 fully saturated rings. The van der Waals surface area contributed by atoms with Gasteiger partial charge in [0.25, 0.3) is 0 Å². The van der Waals surface area contributed by atoms with Gasteiger partial charge < -0.3 is 11.1 Å². The van der Waals surface area contributed by atoms with Crippen molar-refractivity contribution in [3.05, 3.63) is 34.9 Å². The number of carbonyl (C=O) groups excluding carboxylic acids is 1. The first kappa shape index (κ1) is 13.5. The SMILES string of the molecule is N=C(N)NCCCC(=O)Cc1ccccc1Cl. The second kappa shape index (κ2) is 6.91. The van der Waals surface area contributed by atoms with Gasteiger partial charge in [-0.3, -0.25) is 10.2 Å². The Morgan fingerprint density at radius 3 is 2.76 bits per heavy atom. The molecule has 92 valence electrons. The van der Waals surface area contributed by atoms with Crippen LogP contribution in [0.3, 0.4) is 0 Å². The average Bonchev–Trinajstić information content (AvgIpc) is 2.27. The highest BCUT2D eigenvalue weighted by molar-refractivity contribution is 6.31. The molecule has 0 spiro atoms. The first-order valence-electron chi connectivity index (χ1n) is 5.42. The van der Waals surface area contributed by atoms with Crippen molar-refractivity contribution in [1.82, 2.24) is 5.32 Å². The smallest absolute Gasteiger partial charge is 0.185 e. The molecule has 1 aromatic carbocycles. The maximum absolute atomic E-state index is 11.6. The van der Waals surface area contributed by atoms with E-state index in [-0.39, 0.29) is 11.7 Å². The summed E-state index contributed by atoms with van der Waals surface area (Å²) in [4.78, 5) is 11.6. The number of nitrogens with one attached hydrogen (secondary N) is 2. The fraction of sp³-hybridized carbons (Fsp3) is 0.333. The van der Waals surface area contributed by atoms with Gasteiger partial charge in [0.15, 0.2) is 5.96 Å². The Hall–Kier alpha value is -1.55. The number of guanidine groups is 1. The van der Waals surface area contributed by atoms with Gasteiger partial charge in [-0.2, -0.15) is 0 Å². The maximum Gasteiger partial charge on any atom is 0.185 e. The zero-order valence-corrected chi connectivity index (χ0v) is 10.3. The van der Waals surface area contributed by atoms with Crippen molar-refractivity contribution in [3.63, 3.8) is 0 Å². The lowest BCUT2D eigenvalue weighted by molar-refractivity contribution is -0.118. The van der Waals surface area contributed by atoms with Crippen molar-refractivity contribution >= 4 is 23.3 Å². The third kappa shape index (κ3) is 5.36. The molecule has 0 aliphatic heterocycles. The molecule has 0 amide bonds. The number of Topliss-reactive ketones (excluding diaryl/α,β-unsaturated/α-hetero) is 1. The van der Waals surface area contributed by atoms with E-state index in [2.05, 4.69) is 5.32 Å². The zero-order chi connectivity index (χ0) is 12.7. The van der Waals surface area contributed by atoms with Crippen LogP contribution in [0.5, 0.6) is 0 Å². The minimum absolute atomic E-state index is 0.0662. The van der Waals surface area contributed by atoms with Crippen molar-refractivity contribution in [2.75, 3.05) is 6.54 Å². The second-order valence-corrected chi connectivity index (χ2v) is 4.16. The molecular weight excluding hydrogens is 238 g/mol. The second-order valence-electron chi connectivity index (χ2n) is 3.75. The van der Waals surface area contributed by atoms with Crippen LogP contribution in [-0.2, 0) is 11.2 Å². The third-order valence-electron chi connectivity index (χ3n) is 2.29. The summed E-state index contributed by atoms with van der Waals surface area (Å²) in [7, 11) is 0. The van der Waals surface area contributed by atoms with Crippen molar-refractivity contribution in [1.29, 1.82) is 5.41 Å². The van der Waals surface area contributed by atoms with Crippen molar-refractivity contribution in [2.45, 2.75) is 19.3 Å². The Balaban J connectivity index is 2.30. The Bertz CT molecular complexity index is 406. The number of nitrogens with two attached hydrogens (primary N) is 1. The lowest BCUT2D eigenvalue weighted by Crippen LogP contribution is -2.31. The lowest BCUT2D eigenvalue weighted by atomic mass is 10.1. The minimum Gasteiger partial charge on any atom is -0.370 e. The van der Waals surface area contributed by atoms with E-state index in [9.17, 15) is 4.79 Å². The van der Waals surface area contributed by atoms with E-state index in [0.29, 0.717) is 30.8 Å². The van der Waals surface area contributed by atoms with Crippen LogP contribution < -0.4 is 11.1 Å². The largest absolute Gasteiger partial charge is 0.370 e. The van der Waals surface area contributed by atoms with Crippen LogP contribution in [0.2, 0.25) is 5.02 Å². The maximum atomic E-state index is 11.6. The van der Waals surface area contributed by atoms with Crippen LogP contribution in [0.15, 0.2) is 24.3 Å². The van der Waals surface area contributed by atoms with Gasteiger partial charge in [-0.1, -0.05) is 29.8 Å². The summed E-state index contributed by atoms with van der Waals surface area (Å²) in [5.74, 6) is 0.0759. The Labute approximate surface area is 106 Å². The van der Waals surface area contributed by atoms with Gasteiger partial charge in [0.2, 0.25) is 0 Å². The van der Waals surface area contributed by atoms with Crippen LogP contribution in [-0.4, -0.2) is 18.3 Å². The highest BCUT2D eigenvalue weighted by Crippen LogP contribution is 2.16. The third-order valence-corrected chi connectivity index (χ3v) is 2.66. The van der Waals surface area contributed by atoms with Gasteiger partial charge in [0.05, 0.1) is 0 Å². The van der Waals surface area contributed by atoms with Gasteiger partial charge in [-0.25, -0.2) is 0 Å². The number of benzene rings is 1. The van der Waals surface area contributed by atoms with Gasteiger partial charge in [0.1, 0.15) is 5.78 Å². The number of rotatable bonds is 6. The predicted molar refractivity (Wildman–Crippen MR) is 69.3 cm³/mol. The fourth-order valence-corrected chi connectivity index (χ4v) is 1.65. The average molecular weight is 254 g/mol. The number of halogens is 1. The molecule has 0 unspecified atom stereocenters. The normalized spacial score (nSPS) is 9.94. The number of ketones is 1. The van der Waals surface area contributed by atoms with Gasteiger partial charge >= 0.3 is 0 Å². The van der Waals surface area contributed by atoms with E-state index >= 15 is 0 Å². The standard InChI is InChI=1S/C12H16ClN3O/c13-11-6-2-1-4-9(11)8-10(17)5-3-7-16-12(14)15/h1-2,4,6H,3,5,7-8H2,(H4,14,15,16). The fourth-order valence-electron chi connectivity index (χ4n) is 1.45. The topological polar surface area (TPSA) is 79.0 Å². The van der Waals surface area contributed by atoms with Gasteiger partial charge in [-0.05, 0) is 18.1 Å². The highest BCUT2D eigenvalue weighted by Gasteiger charge is 2.06. The number of carbonyl (C=O) groups is 1. The van der Waals surface area contributed by atoms with E-state index in [0.717, 1.165) is 5.56 Å². The van der Waals surface area contributed by atoms with Crippen molar-refractivity contribution < 1.29 is 4.79 Å². The van der Waals surface area contributed by atoms with E-state index in [1.807, 2.05) is 18.2 Å². The highest BCUT2D eigenvalue weighted by atomic mass is 35.5.